The van der Waals surface area contributed by atoms with E-state index in [1.807, 2.05) is 6.92 Å². The van der Waals surface area contributed by atoms with Crippen molar-refractivity contribution in [1.29, 1.82) is 0 Å². The van der Waals surface area contributed by atoms with Crippen LogP contribution in [0.5, 0.6) is 5.75 Å². The summed E-state index contributed by atoms with van der Waals surface area (Å²) >= 11 is 0. The number of fused-ring (bicyclic) bond motifs is 1. The van der Waals surface area contributed by atoms with Crippen LogP contribution in [-0.2, 0) is 0 Å². The lowest BCUT2D eigenvalue weighted by atomic mass is 9.99. The zero-order chi connectivity index (χ0) is 22.9. The zero-order valence-corrected chi connectivity index (χ0v) is 17.7. The van der Waals surface area contributed by atoms with Crippen molar-refractivity contribution >= 4 is 28.3 Å². The molecule has 1 saturated heterocycles. The Balaban J connectivity index is 1.75. The Morgan fingerprint density at radius 2 is 2.06 bits per heavy atom. The molecule has 1 aliphatic heterocycles. The predicted octanol–water partition coefficient (Wildman–Crippen LogP) is 5.45. The predicted molar refractivity (Wildman–Crippen MR) is 115 cm³/mol. The summed E-state index contributed by atoms with van der Waals surface area (Å²) in [6.07, 6.45) is -1.32. The number of anilines is 2. The summed E-state index contributed by atoms with van der Waals surface area (Å²) in [6.45, 7) is 5.25. The SMILES string of the molecule is Cc1ccc2c(Nc3cccc(OC(F)(F)F)c3)c(C(=O)N3CCC[C@H](C)C3)cnc2n1. The van der Waals surface area contributed by atoms with Gasteiger partial charge in [0.2, 0.25) is 0 Å². The van der Waals surface area contributed by atoms with Gasteiger partial charge in [0.1, 0.15) is 5.75 Å². The van der Waals surface area contributed by atoms with Gasteiger partial charge in [-0.25, -0.2) is 9.97 Å². The third-order valence-electron chi connectivity index (χ3n) is 5.38. The van der Waals surface area contributed by atoms with Crippen LogP contribution in [-0.4, -0.2) is 40.2 Å². The Morgan fingerprint density at radius 3 is 2.81 bits per heavy atom. The van der Waals surface area contributed by atoms with E-state index in [4.69, 9.17) is 0 Å². The number of nitrogens with one attached hydrogen (secondary N) is 1. The largest absolute Gasteiger partial charge is 0.573 e. The molecule has 6 nitrogen and oxygen atoms in total. The first-order valence-electron chi connectivity index (χ1n) is 10.4. The summed E-state index contributed by atoms with van der Waals surface area (Å²) in [6, 6.07) is 9.11. The van der Waals surface area contributed by atoms with Crippen molar-refractivity contribution in [2.24, 2.45) is 5.92 Å². The second-order valence-corrected chi connectivity index (χ2v) is 8.07. The minimum atomic E-state index is -4.80. The number of ether oxygens (including phenoxy) is 1. The molecule has 1 atom stereocenters. The van der Waals surface area contributed by atoms with Crippen molar-refractivity contribution in [2.75, 3.05) is 18.4 Å². The van der Waals surface area contributed by atoms with E-state index in [0.29, 0.717) is 47.0 Å². The maximum Gasteiger partial charge on any atom is 0.573 e. The molecule has 1 amide bonds. The molecular weight excluding hydrogens is 421 g/mol. The average Bonchev–Trinajstić information content (AvgIpc) is 2.72. The van der Waals surface area contributed by atoms with E-state index in [-0.39, 0.29) is 11.7 Å². The summed E-state index contributed by atoms with van der Waals surface area (Å²) in [7, 11) is 0. The maximum atomic E-state index is 13.4. The molecule has 3 heterocycles. The molecule has 168 valence electrons. The maximum absolute atomic E-state index is 13.4. The Labute approximate surface area is 183 Å². The number of likely N-dealkylation sites (tertiary alicyclic amines) is 1. The van der Waals surface area contributed by atoms with Gasteiger partial charge in [0.15, 0.2) is 5.65 Å². The van der Waals surface area contributed by atoms with E-state index in [9.17, 15) is 18.0 Å². The Hall–Kier alpha value is -3.36. The van der Waals surface area contributed by atoms with Crippen LogP contribution >= 0.6 is 0 Å². The first-order chi connectivity index (χ1) is 15.2. The number of aryl methyl sites for hydroxylation is 1. The van der Waals surface area contributed by atoms with Gasteiger partial charge in [-0.3, -0.25) is 4.79 Å². The number of nitrogens with zero attached hydrogens (tertiary/aromatic N) is 3. The normalized spacial score (nSPS) is 16.8. The van der Waals surface area contributed by atoms with Crippen molar-refractivity contribution in [1.82, 2.24) is 14.9 Å². The van der Waals surface area contributed by atoms with Gasteiger partial charge < -0.3 is 15.0 Å². The van der Waals surface area contributed by atoms with Crippen molar-refractivity contribution in [2.45, 2.75) is 33.1 Å². The molecule has 32 heavy (non-hydrogen) atoms. The molecule has 0 radical (unpaired) electrons. The minimum absolute atomic E-state index is 0.170. The van der Waals surface area contributed by atoms with Gasteiger partial charge in [-0.05, 0) is 49.9 Å². The number of carbonyl (C=O) groups excluding carboxylic acids is 1. The summed E-state index contributed by atoms with van der Waals surface area (Å²) < 4.78 is 42.0. The first kappa shape index (κ1) is 21.9. The molecule has 0 bridgehead atoms. The molecule has 0 spiro atoms. The van der Waals surface area contributed by atoms with Crippen LogP contribution in [0.3, 0.4) is 0 Å². The van der Waals surface area contributed by atoms with Crippen LogP contribution in [0.15, 0.2) is 42.6 Å². The lowest BCUT2D eigenvalue weighted by Gasteiger charge is -2.31. The van der Waals surface area contributed by atoms with E-state index in [2.05, 4.69) is 26.9 Å². The van der Waals surface area contributed by atoms with Crippen LogP contribution in [0.25, 0.3) is 11.0 Å². The van der Waals surface area contributed by atoms with Crippen molar-refractivity contribution in [3.05, 3.63) is 53.9 Å². The summed E-state index contributed by atoms with van der Waals surface area (Å²) in [5.74, 6) is -0.123. The molecule has 1 fully saturated rings. The highest BCUT2D eigenvalue weighted by Gasteiger charge is 2.31. The molecule has 2 aromatic heterocycles. The number of alkyl halides is 3. The molecule has 1 N–H and O–H groups in total. The van der Waals surface area contributed by atoms with E-state index < -0.39 is 6.36 Å². The number of pyridine rings is 2. The number of piperidine rings is 1. The summed E-state index contributed by atoms with van der Waals surface area (Å²) in [4.78, 5) is 24.0. The standard InChI is InChI=1S/C23H23F3N4O2/c1-14-5-4-10-30(13-14)22(31)19-12-27-21-18(9-8-15(2)28-21)20(19)29-16-6-3-7-17(11-16)32-23(24,25)26/h3,6-9,11-12,14H,4-5,10,13H2,1-2H3,(H,27,28,29)/t14-/m0/s1. The van der Waals surface area contributed by atoms with Gasteiger partial charge in [-0.1, -0.05) is 13.0 Å². The van der Waals surface area contributed by atoms with Crippen LogP contribution < -0.4 is 10.1 Å². The molecule has 0 aliphatic carbocycles. The Bertz CT molecular complexity index is 1150. The lowest BCUT2D eigenvalue weighted by Crippen LogP contribution is -2.39. The number of benzene rings is 1. The second-order valence-electron chi connectivity index (χ2n) is 8.07. The number of amides is 1. The lowest BCUT2D eigenvalue weighted by molar-refractivity contribution is -0.274. The van der Waals surface area contributed by atoms with Gasteiger partial charge in [-0.15, -0.1) is 13.2 Å². The molecule has 0 unspecified atom stereocenters. The molecule has 9 heteroatoms. The topological polar surface area (TPSA) is 67.3 Å². The van der Waals surface area contributed by atoms with E-state index in [1.165, 1.54) is 24.4 Å². The number of carbonyl (C=O) groups is 1. The highest BCUT2D eigenvalue weighted by atomic mass is 19.4. The average molecular weight is 444 g/mol. The quantitative estimate of drug-likeness (QED) is 0.579. The number of hydrogen-bond donors (Lipinski definition) is 1. The van der Waals surface area contributed by atoms with Crippen LogP contribution in [0.2, 0.25) is 0 Å². The highest BCUT2D eigenvalue weighted by Crippen LogP contribution is 2.32. The number of rotatable bonds is 4. The highest BCUT2D eigenvalue weighted by molar-refractivity contribution is 6.07. The van der Waals surface area contributed by atoms with E-state index in [1.54, 1.807) is 23.1 Å². The zero-order valence-electron chi connectivity index (χ0n) is 17.7. The fraction of sp³-hybridized carbons (Fsp3) is 0.348. The van der Waals surface area contributed by atoms with Crippen molar-refractivity contribution in [3.63, 3.8) is 0 Å². The smallest absolute Gasteiger partial charge is 0.406 e. The van der Waals surface area contributed by atoms with E-state index >= 15 is 0 Å². The van der Waals surface area contributed by atoms with Crippen molar-refractivity contribution in [3.8, 4) is 5.75 Å². The van der Waals surface area contributed by atoms with Crippen LogP contribution in [0.1, 0.15) is 35.8 Å². The van der Waals surface area contributed by atoms with Crippen LogP contribution in [0, 0.1) is 12.8 Å². The first-order valence-corrected chi connectivity index (χ1v) is 10.4. The summed E-state index contributed by atoms with van der Waals surface area (Å²) in [5, 5.41) is 3.72. The van der Waals surface area contributed by atoms with E-state index in [0.717, 1.165) is 18.5 Å². The fourth-order valence-electron chi connectivity index (χ4n) is 3.93. The monoisotopic (exact) mass is 444 g/mol. The minimum Gasteiger partial charge on any atom is -0.406 e. The third-order valence-corrected chi connectivity index (χ3v) is 5.38. The van der Waals surface area contributed by atoms with Gasteiger partial charge in [0, 0.05) is 42.1 Å². The fourth-order valence-corrected chi connectivity index (χ4v) is 3.93. The molecule has 3 aromatic rings. The Kier molecular flexibility index (Phi) is 5.90. The molecule has 1 aliphatic rings. The summed E-state index contributed by atoms with van der Waals surface area (Å²) in [5.41, 5.74) is 2.36. The molecular formula is C23H23F3N4O2. The van der Waals surface area contributed by atoms with Crippen molar-refractivity contribution < 1.29 is 22.7 Å². The number of halogens is 3. The molecule has 0 saturated carbocycles. The van der Waals surface area contributed by atoms with Gasteiger partial charge in [0.05, 0.1) is 11.3 Å². The molecule has 1 aromatic carbocycles. The van der Waals surface area contributed by atoms with Gasteiger partial charge in [0.25, 0.3) is 5.91 Å². The third kappa shape index (κ3) is 4.92. The molecule has 4 rings (SSSR count). The van der Waals surface area contributed by atoms with Gasteiger partial charge in [-0.2, -0.15) is 0 Å². The second kappa shape index (κ2) is 8.64. The number of hydrogen-bond acceptors (Lipinski definition) is 5. The number of aromatic nitrogens is 2. The Morgan fingerprint density at radius 1 is 1.25 bits per heavy atom. The van der Waals surface area contributed by atoms with Gasteiger partial charge >= 0.3 is 6.36 Å². The van der Waals surface area contributed by atoms with Crippen LogP contribution in [0.4, 0.5) is 24.5 Å².